The minimum atomic E-state index is -0.497. The Bertz CT molecular complexity index is 1440. The Labute approximate surface area is 218 Å². The van der Waals surface area contributed by atoms with Crippen LogP contribution in [0.25, 0.3) is 6.08 Å². The predicted molar refractivity (Wildman–Crippen MR) is 142 cm³/mol. The fourth-order valence-corrected chi connectivity index (χ4v) is 6.04. The van der Waals surface area contributed by atoms with Gasteiger partial charge in [-0.05, 0) is 53.5 Å². The van der Waals surface area contributed by atoms with Crippen LogP contribution in [0.3, 0.4) is 0 Å². The van der Waals surface area contributed by atoms with Crippen LogP contribution in [-0.2, 0) is 24.3 Å². The van der Waals surface area contributed by atoms with E-state index in [4.69, 9.17) is 9.15 Å². The summed E-state index contributed by atoms with van der Waals surface area (Å²) in [5.74, 6) is 0.449. The van der Waals surface area contributed by atoms with Gasteiger partial charge >= 0.3 is 5.97 Å². The molecule has 1 amide bonds. The number of benzene rings is 2. The molecule has 2 aliphatic rings. The highest BCUT2D eigenvalue weighted by molar-refractivity contribution is 7.16. The number of carbonyl (C=O) groups is 2. The van der Waals surface area contributed by atoms with Gasteiger partial charge in [-0.3, -0.25) is 9.69 Å². The summed E-state index contributed by atoms with van der Waals surface area (Å²) in [6.07, 6.45) is 4.91. The van der Waals surface area contributed by atoms with Crippen LogP contribution in [0.1, 0.15) is 43.9 Å². The highest BCUT2D eigenvalue weighted by Crippen LogP contribution is 2.41. The van der Waals surface area contributed by atoms with E-state index in [0.29, 0.717) is 11.5 Å². The van der Waals surface area contributed by atoms with Gasteiger partial charge in [0.2, 0.25) is 0 Å². The van der Waals surface area contributed by atoms with Crippen molar-refractivity contribution in [1.29, 1.82) is 0 Å². The zero-order valence-electron chi connectivity index (χ0n) is 20.0. The van der Waals surface area contributed by atoms with E-state index in [9.17, 15) is 9.59 Å². The molecule has 4 heterocycles. The van der Waals surface area contributed by atoms with Gasteiger partial charge in [-0.2, -0.15) is 0 Å². The van der Waals surface area contributed by atoms with Crippen molar-refractivity contribution in [2.75, 3.05) is 11.9 Å². The molecule has 0 fully saturated rings. The Balaban J connectivity index is 1.12. The summed E-state index contributed by atoms with van der Waals surface area (Å²) in [6.45, 7) is 2.68. The number of amides is 1. The molecule has 8 heteroatoms. The molecule has 0 bridgehead atoms. The SMILES string of the molecule is O=C(/C=C/c1ccco1)Oc1ccc([C@H]2NC(=O)c3c(sc4c3CCN(Cc3ccccc3)C4)N2)cc1. The van der Waals surface area contributed by atoms with Gasteiger partial charge in [0.15, 0.2) is 0 Å². The first-order chi connectivity index (χ1) is 18.1. The maximum Gasteiger partial charge on any atom is 0.336 e. The first-order valence-electron chi connectivity index (χ1n) is 12.1. The average Bonchev–Trinajstić information content (AvgIpc) is 3.56. The predicted octanol–water partition coefficient (Wildman–Crippen LogP) is 5.37. The number of esters is 1. The van der Waals surface area contributed by atoms with Gasteiger partial charge in [-0.25, -0.2) is 4.79 Å². The zero-order valence-corrected chi connectivity index (χ0v) is 20.8. The number of thiophene rings is 1. The number of fused-ring (bicyclic) bond motifs is 3. The van der Waals surface area contributed by atoms with Gasteiger partial charge in [0.1, 0.15) is 22.7 Å². The van der Waals surface area contributed by atoms with Crippen LogP contribution in [0.5, 0.6) is 5.75 Å². The van der Waals surface area contributed by atoms with Crippen LogP contribution in [0, 0.1) is 0 Å². The normalized spacial score (nSPS) is 17.1. The van der Waals surface area contributed by atoms with E-state index >= 15 is 0 Å². The third-order valence-electron chi connectivity index (χ3n) is 6.52. The average molecular weight is 512 g/mol. The molecule has 0 radical (unpaired) electrons. The minimum absolute atomic E-state index is 0.0497. The highest BCUT2D eigenvalue weighted by Gasteiger charge is 2.33. The number of hydrogen-bond donors (Lipinski definition) is 2. The number of carbonyl (C=O) groups excluding carboxylic acids is 2. The molecule has 0 saturated carbocycles. The van der Waals surface area contributed by atoms with Crippen molar-refractivity contribution >= 4 is 34.3 Å². The Hall–Kier alpha value is -4.14. The molecule has 37 heavy (non-hydrogen) atoms. The molecule has 0 spiro atoms. The summed E-state index contributed by atoms with van der Waals surface area (Å²) >= 11 is 1.67. The summed E-state index contributed by atoms with van der Waals surface area (Å²) in [7, 11) is 0. The van der Waals surface area contributed by atoms with E-state index in [1.54, 1.807) is 41.7 Å². The molecule has 2 N–H and O–H groups in total. The molecule has 0 saturated heterocycles. The van der Waals surface area contributed by atoms with Gasteiger partial charge in [0.05, 0.1) is 11.8 Å². The molecule has 2 aromatic carbocycles. The molecule has 2 aliphatic heterocycles. The fourth-order valence-electron chi connectivity index (χ4n) is 4.73. The van der Waals surface area contributed by atoms with Crippen LogP contribution in [-0.4, -0.2) is 23.3 Å². The van der Waals surface area contributed by atoms with Crippen LogP contribution >= 0.6 is 11.3 Å². The van der Waals surface area contributed by atoms with Crippen molar-refractivity contribution in [2.45, 2.75) is 25.7 Å². The molecule has 186 valence electrons. The molecule has 2 aromatic heterocycles. The summed E-state index contributed by atoms with van der Waals surface area (Å²) in [5, 5.41) is 7.50. The first-order valence-corrected chi connectivity index (χ1v) is 13.0. The second-order valence-corrected chi connectivity index (χ2v) is 10.1. The molecular weight excluding hydrogens is 486 g/mol. The van der Waals surface area contributed by atoms with Crippen molar-refractivity contribution in [3.05, 3.63) is 112 Å². The third-order valence-corrected chi connectivity index (χ3v) is 7.67. The maximum absolute atomic E-state index is 13.1. The standard InChI is InChI=1S/C29H25N3O4S/c33-25(13-12-21-7-4-16-35-21)36-22-10-8-20(9-11-22)27-30-28(34)26-23-14-15-32(17-19-5-2-1-3-6-19)18-24(23)37-29(26)31-27/h1-13,16,27,31H,14-15,17-18H2,(H,30,34)/b13-12+/t27-/m0/s1. The van der Waals surface area contributed by atoms with E-state index in [1.807, 2.05) is 18.2 Å². The number of hydrogen-bond acceptors (Lipinski definition) is 7. The summed E-state index contributed by atoms with van der Waals surface area (Å²) in [6, 6.07) is 21.1. The van der Waals surface area contributed by atoms with E-state index in [-0.39, 0.29) is 12.1 Å². The molecule has 4 aromatic rings. The quantitative estimate of drug-likeness (QED) is 0.206. The lowest BCUT2D eigenvalue weighted by Crippen LogP contribution is -2.38. The Morgan fingerprint density at radius 3 is 2.70 bits per heavy atom. The summed E-state index contributed by atoms with van der Waals surface area (Å²) < 4.78 is 10.5. The van der Waals surface area contributed by atoms with Crippen molar-refractivity contribution < 1.29 is 18.7 Å². The van der Waals surface area contributed by atoms with Gasteiger partial charge in [0, 0.05) is 30.6 Å². The number of rotatable bonds is 6. The second-order valence-electron chi connectivity index (χ2n) is 9.04. The molecule has 6 rings (SSSR count). The van der Waals surface area contributed by atoms with Crippen molar-refractivity contribution in [3.63, 3.8) is 0 Å². The maximum atomic E-state index is 13.1. The Kier molecular flexibility index (Phi) is 6.34. The smallest absolute Gasteiger partial charge is 0.336 e. The molecule has 1 atom stereocenters. The summed E-state index contributed by atoms with van der Waals surface area (Å²) in [5.41, 5.74) is 4.12. The monoisotopic (exact) mass is 511 g/mol. The van der Waals surface area contributed by atoms with Crippen molar-refractivity contribution in [3.8, 4) is 5.75 Å². The molecule has 0 unspecified atom stereocenters. The topological polar surface area (TPSA) is 83.8 Å². The van der Waals surface area contributed by atoms with E-state index in [2.05, 4.69) is 39.8 Å². The molecular formula is C29H25N3O4S. The number of nitrogens with zero attached hydrogens (tertiary/aromatic N) is 1. The second kappa shape index (κ2) is 10.1. The Morgan fingerprint density at radius 2 is 1.92 bits per heavy atom. The number of nitrogens with one attached hydrogen (secondary N) is 2. The number of anilines is 1. The van der Waals surface area contributed by atoms with E-state index < -0.39 is 5.97 Å². The van der Waals surface area contributed by atoms with Gasteiger partial charge in [-0.1, -0.05) is 42.5 Å². The lowest BCUT2D eigenvalue weighted by molar-refractivity contribution is -0.128. The Morgan fingerprint density at radius 1 is 1.08 bits per heavy atom. The van der Waals surface area contributed by atoms with Crippen LogP contribution in [0.4, 0.5) is 5.00 Å². The number of ether oxygens (including phenoxy) is 1. The van der Waals surface area contributed by atoms with Crippen LogP contribution in [0.15, 0.2) is 83.5 Å². The largest absolute Gasteiger partial charge is 0.465 e. The van der Waals surface area contributed by atoms with E-state index in [0.717, 1.165) is 47.7 Å². The lowest BCUT2D eigenvalue weighted by atomic mass is 10.00. The minimum Gasteiger partial charge on any atom is -0.465 e. The van der Waals surface area contributed by atoms with Gasteiger partial charge < -0.3 is 19.8 Å². The van der Waals surface area contributed by atoms with Crippen molar-refractivity contribution in [2.24, 2.45) is 0 Å². The fraction of sp³-hybridized carbons (Fsp3) is 0.172. The first kappa shape index (κ1) is 23.3. The van der Waals surface area contributed by atoms with Gasteiger partial charge in [-0.15, -0.1) is 11.3 Å². The molecule has 7 nitrogen and oxygen atoms in total. The third kappa shape index (κ3) is 5.07. The number of furan rings is 1. The van der Waals surface area contributed by atoms with Crippen LogP contribution in [0.2, 0.25) is 0 Å². The molecule has 0 aliphatic carbocycles. The van der Waals surface area contributed by atoms with Gasteiger partial charge in [0.25, 0.3) is 5.91 Å². The van der Waals surface area contributed by atoms with Crippen LogP contribution < -0.4 is 15.4 Å². The van der Waals surface area contributed by atoms with E-state index in [1.165, 1.54) is 22.8 Å². The highest BCUT2D eigenvalue weighted by atomic mass is 32.1. The van der Waals surface area contributed by atoms with Crippen molar-refractivity contribution in [1.82, 2.24) is 10.2 Å². The lowest BCUT2D eigenvalue weighted by Gasteiger charge is -2.28. The summed E-state index contributed by atoms with van der Waals surface area (Å²) in [4.78, 5) is 28.9. The zero-order chi connectivity index (χ0) is 25.2.